The van der Waals surface area contributed by atoms with E-state index in [1.165, 1.54) is 7.11 Å². The first-order valence-corrected chi connectivity index (χ1v) is 5.88. The molecule has 0 spiro atoms. The van der Waals surface area contributed by atoms with Gasteiger partial charge in [0.2, 0.25) is 5.91 Å². The molecular weight excluding hydrogens is 238 g/mol. The van der Waals surface area contributed by atoms with Crippen LogP contribution in [0.25, 0.3) is 0 Å². The molecule has 0 aromatic rings. The van der Waals surface area contributed by atoms with Gasteiger partial charge in [0.05, 0.1) is 7.11 Å². The molecule has 1 heterocycles. The van der Waals surface area contributed by atoms with Crippen molar-refractivity contribution >= 4 is 17.9 Å². The van der Waals surface area contributed by atoms with Gasteiger partial charge in [-0.25, -0.2) is 9.59 Å². The van der Waals surface area contributed by atoms with E-state index in [1.54, 1.807) is 11.8 Å². The lowest BCUT2D eigenvalue weighted by Crippen LogP contribution is -2.50. The summed E-state index contributed by atoms with van der Waals surface area (Å²) in [5.74, 6) is -0.972. The molecule has 0 aromatic heterocycles. The molecule has 7 nitrogen and oxygen atoms in total. The summed E-state index contributed by atoms with van der Waals surface area (Å²) in [5.41, 5.74) is 5.21. The van der Waals surface area contributed by atoms with Gasteiger partial charge in [-0.2, -0.15) is 0 Å². The van der Waals surface area contributed by atoms with Gasteiger partial charge in [0.25, 0.3) is 0 Å². The van der Waals surface area contributed by atoms with Crippen LogP contribution in [0.2, 0.25) is 0 Å². The van der Waals surface area contributed by atoms with Gasteiger partial charge < -0.3 is 20.7 Å². The molecule has 7 heteroatoms. The van der Waals surface area contributed by atoms with Gasteiger partial charge in [-0.1, -0.05) is 0 Å². The summed E-state index contributed by atoms with van der Waals surface area (Å²) in [6.07, 6.45) is 1.13. The summed E-state index contributed by atoms with van der Waals surface area (Å²) in [6.45, 7) is 2.49. The number of nitrogens with one attached hydrogen (secondary N) is 1. The smallest absolute Gasteiger partial charge is 0.328 e. The second-order valence-electron chi connectivity index (χ2n) is 4.36. The van der Waals surface area contributed by atoms with Crippen molar-refractivity contribution in [3.8, 4) is 0 Å². The van der Waals surface area contributed by atoms with Gasteiger partial charge in [0.15, 0.2) is 0 Å². The number of esters is 1. The Kier molecular flexibility index (Phi) is 4.94. The molecule has 0 bridgehead atoms. The molecule has 0 aliphatic carbocycles. The molecule has 0 saturated carbocycles. The molecule has 1 rings (SSSR count). The van der Waals surface area contributed by atoms with E-state index in [1.807, 2.05) is 0 Å². The maximum atomic E-state index is 11.8. The molecule has 1 unspecified atom stereocenters. The third kappa shape index (κ3) is 3.61. The zero-order valence-corrected chi connectivity index (χ0v) is 10.6. The van der Waals surface area contributed by atoms with Crippen molar-refractivity contribution in [2.24, 2.45) is 11.7 Å². The Hall–Kier alpha value is -1.79. The van der Waals surface area contributed by atoms with Crippen LogP contribution in [0.4, 0.5) is 4.79 Å². The Morgan fingerprint density at radius 3 is 2.33 bits per heavy atom. The maximum Gasteiger partial charge on any atom is 0.328 e. The predicted molar refractivity (Wildman–Crippen MR) is 63.5 cm³/mol. The number of hydrogen-bond acceptors (Lipinski definition) is 4. The normalized spacial score (nSPS) is 18.0. The second-order valence-corrected chi connectivity index (χ2v) is 4.36. The van der Waals surface area contributed by atoms with Crippen molar-refractivity contribution in [1.82, 2.24) is 10.2 Å². The van der Waals surface area contributed by atoms with Gasteiger partial charge in [-0.3, -0.25) is 4.79 Å². The highest BCUT2D eigenvalue weighted by molar-refractivity contribution is 5.83. The zero-order chi connectivity index (χ0) is 13.7. The predicted octanol–water partition coefficient (Wildman–Crippen LogP) is -0.545. The molecule has 1 aliphatic rings. The van der Waals surface area contributed by atoms with Crippen LogP contribution in [-0.4, -0.2) is 49.0 Å². The Morgan fingerprint density at radius 2 is 1.89 bits per heavy atom. The monoisotopic (exact) mass is 257 g/mol. The van der Waals surface area contributed by atoms with Crippen molar-refractivity contribution in [3.05, 3.63) is 0 Å². The summed E-state index contributed by atoms with van der Waals surface area (Å²) in [6, 6.07) is -1.01. The van der Waals surface area contributed by atoms with Gasteiger partial charge >= 0.3 is 12.0 Å². The summed E-state index contributed by atoms with van der Waals surface area (Å²) in [4.78, 5) is 35.5. The quantitative estimate of drug-likeness (QED) is 0.662. The van der Waals surface area contributed by atoms with Crippen LogP contribution in [0.1, 0.15) is 19.8 Å². The van der Waals surface area contributed by atoms with Crippen LogP contribution in [0.15, 0.2) is 0 Å². The third-order valence-electron chi connectivity index (χ3n) is 3.08. The molecule has 3 N–H and O–H groups in total. The second kappa shape index (κ2) is 6.23. The molecule has 3 amide bonds. The molecule has 1 fully saturated rings. The largest absolute Gasteiger partial charge is 0.467 e. The Morgan fingerprint density at radius 1 is 1.33 bits per heavy atom. The minimum atomic E-state index is -0.684. The van der Waals surface area contributed by atoms with Gasteiger partial charge in [-0.05, 0) is 19.8 Å². The number of piperidine rings is 1. The molecule has 102 valence electrons. The number of amides is 3. The highest BCUT2D eigenvalue weighted by Gasteiger charge is 2.27. The number of nitrogens with zero attached hydrogens (tertiary/aromatic N) is 1. The van der Waals surface area contributed by atoms with Crippen molar-refractivity contribution in [2.75, 3.05) is 20.2 Å². The van der Waals surface area contributed by atoms with E-state index in [4.69, 9.17) is 5.73 Å². The van der Waals surface area contributed by atoms with Crippen LogP contribution in [-0.2, 0) is 14.3 Å². The zero-order valence-electron chi connectivity index (χ0n) is 10.6. The van der Waals surface area contributed by atoms with Crippen molar-refractivity contribution < 1.29 is 19.1 Å². The van der Waals surface area contributed by atoms with Crippen LogP contribution >= 0.6 is 0 Å². The highest BCUT2D eigenvalue weighted by Crippen LogP contribution is 2.16. The maximum absolute atomic E-state index is 11.8. The number of methoxy groups -OCH3 is 1. The SMILES string of the molecule is COC(=O)C(C)NC(=O)N1CCC(C(N)=O)CC1. The van der Waals surface area contributed by atoms with Crippen LogP contribution in [0.3, 0.4) is 0 Å². The van der Waals surface area contributed by atoms with Gasteiger partial charge in [0.1, 0.15) is 6.04 Å². The Labute approximate surface area is 106 Å². The number of rotatable bonds is 3. The fourth-order valence-corrected chi connectivity index (χ4v) is 1.88. The number of nitrogens with two attached hydrogens (primary N) is 1. The third-order valence-corrected chi connectivity index (χ3v) is 3.08. The van der Waals surface area contributed by atoms with Crippen LogP contribution < -0.4 is 11.1 Å². The standard InChI is InChI=1S/C11H19N3O4/c1-7(10(16)18-2)13-11(17)14-5-3-8(4-6-14)9(12)15/h7-8H,3-6H2,1-2H3,(H2,12,15)(H,13,17). The van der Waals surface area contributed by atoms with E-state index in [0.717, 1.165) is 0 Å². The first-order chi connectivity index (χ1) is 8.45. The number of primary amides is 1. The molecule has 1 atom stereocenters. The van der Waals surface area contributed by atoms with Crippen molar-refractivity contribution in [1.29, 1.82) is 0 Å². The van der Waals surface area contributed by atoms with Gasteiger partial charge in [-0.15, -0.1) is 0 Å². The lowest BCUT2D eigenvalue weighted by Gasteiger charge is -2.31. The van der Waals surface area contributed by atoms with E-state index < -0.39 is 12.0 Å². The first kappa shape index (κ1) is 14.3. The fourth-order valence-electron chi connectivity index (χ4n) is 1.88. The number of carbonyl (C=O) groups is 3. The van der Waals surface area contributed by atoms with E-state index in [9.17, 15) is 14.4 Å². The molecule has 0 radical (unpaired) electrons. The minimum Gasteiger partial charge on any atom is -0.467 e. The topological polar surface area (TPSA) is 102 Å². The number of carbonyl (C=O) groups excluding carboxylic acids is 3. The molecule has 18 heavy (non-hydrogen) atoms. The Balaban J connectivity index is 2.41. The summed E-state index contributed by atoms with van der Waals surface area (Å²) >= 11 is 0. The molecule has 1 aliphatic heterocycles. The van der Waals surface area contributed by atoms with E-state index in [-0.39, 0.29) is 17.9 Å². The fraction of sp³-hybridized carbons (Fsp3) is 0.727. The van der Waals surface area contributed by atoms with E-state index in [0.29, 0.717) is 25.9 Å². The Bertz CT molecular complexity index is 337. The number of hydrogen-bond donors (Lipinski definition) is 2. The van der Waals surface area contributed by atoms with Crippen molar-refractivity contribution in [3.63, 3.8) is 0 Å². The van der Waals surface area contributed by atoms with Crippen LogP contribution in [0, 0.1) is 5.92 Å². The van der Waals surface area contributed by atoms with E-state index >= 15 is 0 Å². The lowest BCUT2D eigenvalue weighted by atomic mass is 9.96. The number of likely N-dealkylation sites (tertiary alicyclic amines) is 1. The first-order valence-electron chi connectivity index (χ1n) is 5.88. The molecule has 1 saturated heterocycles. The number of ether oxygens (including phenoxy) is 1. The summed E-state index contributed by atoms with van der Waals surface area (Å²) < 4.78 is 4.52. The van der Waals surface area contributed by atoms with Crippen molar-refractivity contribution in [2.45, 2.75) is 25.8 Å². The average Bonchev–Trinajstić information content (AvgIpc) is 2.37. The highest BCUT2D eigenvalue weighted by atomic mass is 16.5. The molecule has 0 aromatic carbocycles. The average molecular weight is 257 g/mol. The molecular formula is C11H19N3O4. The van der Waals surface area contributed by atoms with Gasteiger partial charge in [0, 0.05) is 19.0 Å². The summed E-state index contributed by atoms with van der Waals surface area (Å²) in [5, 5.41) is 2.54. The number of urea groups is 1. The van der Waals surface area contributed by atoms with Crippen LogP contribution in [0.5, 0.6) is 0 Å². The van der Waals surface area contributed by atoms with E-state index in [2.05, 4.69) is 10.1 Å². The lowest BCUT2D eigenvalue weighted by molar-refractivity contribution is -0.142. The summed E-state index contributed by atoms with van der Waals surface area (Å²) in [7, 11) is 1.27. The minimum absolute atomic E-state index is 0.160.